The Balaban J connectivity index is 1.97. The quantitative estimate of drug-likeness (QED) is 0.717. The fraction of sp³-hybridized carbons (Fsp3) is 0.278. The zero-order chi connectivity index (χ0) is 18.1. The van der Waals surface area contributed by atoms with E-state index in [0.717, 1.165) is 10.4 Å². The zero-order valence-corrected chi connectivity index (χ0v) is 15.0. The molecule has 5 nitrogen and oxygen atoms in total. The minimum absolute atomic E-state index is 0.0263. The molecule has 130 valence electrons. The number of halogens is 1. The molecule has 2 heterocycles. The number of hydrogen-bond acceptors (Lipinski definition) is 4. The SMILES string of the molecule is CCC(c1ccc(F)cc1)N(C)C(=O)c1cnc2sc(C)cn2c1=O. The van der Waals surface area contributed by atoms with Crippen LogP contribution in [0.2, 0.25) is 0 Å². The number of thiazole rings is 1. The minimum atomic E-state index is -0.396. The van der Waals surface area contributed by atoms with Gasteiger partial charge in [0.05, 0.1) is 6.04 Å². The normalized spacial score (nSPS) is 12.3. The number of aromatic nitrogens is 2. The van der Waals surface area contributed by atoms with Crippen LogP contribution in [-0.2, 0) is 0 Å². The van der Waals surface area contributed by atoms with E-state index in [0.29, 0.717) is 11.4 Å². The van der Waals surface area contributed by atoms with Gasteiger partial charge in [-0.1, -0.05) is 19.1 Å². The van der Waals surface area contributed by atoms with E-state index >= 15 is 0 Å². The number of amides is 1. The standard InChI is InChI=1S/C18H18FN3O2S/c1-4-15(12-5-7-13(19)8-6-12)21(3)16(23)14-9-20-18-22(17(14)24)10-11(2)25-18/h5-10,15H,4H2,1-3H3. The van der Waals surface area contributed by atoms with E-state index in [4.69, 9.17) is 0 Å². The largest absolute Gasteiger partial charge is 0.334 e. The summed E-state index contributed by atoms with van der Waals surface area (Å²) < 4.78 is 14.6. The van der Waals surface area contributed by atoms with E-state index < -0.39 is 5.91 Å². The van der Waals surface area contributed by atoms with Crippen LogP contribution in [0.15, 0.2) is 41.5 Å². The van der Waals surface area contributed by atoms with Crippen LogP contribution in [0.25, 0.3) is 4.96 Å². The van der Waals surface area contributed by atoms with Crippen molar-refractivity contribution in [2.75, 3.05) is 7.05 Å². The van der Waals surface area contributed by atoms with Gasteiger partial charge < -0.3 is 4.90 Å². The minimum Gasteiger partial charge on any atom is -0.334 e. The van der Waals surface area contributed by atoms with Gasteiger partial charge >= 0.3 is 0 Å². The fourth-order valence-corrected chi connectivity index (χ4v) is 3.68. The molecule has 1 unspecified atom stereocenters. The highest BCUT2D eigenvalue weighted by molar-refractivity contribution is 7.16. The summed E-state index contributed by atoms with van der Waals surface area (Å²) in [6.07, 6.45) is 3.66. The molecule has 0 aliphatic heterocycles. The van der Waals surface area contributed by atoms with Crippen LogP contribution in [0.3, 0.4) is 0 Å². The van der Waals surface area contributed by atoms with Gasteiger partial charge in [-0.3, -0.25) is 14.0 Å². The Kier molecular flexibility index (Phi) is 4.67. The van der Waals surface area contributed by atoms with Gasteiger partial charge in [0.25, 0.3) is 11.5 Å². The van der Waals surface area contributed by atoms with Crippen molar-refractivity contribution in [1.29, 1.82) is 0 Å². The predicted octanol–water partition coefficient (Wildman–Crippen LogP) is 3.43. The zero-order valence-electron chi connectivity index (χ0n) is 14.2. The van der Waals surface area contributed by atoms with Crippen LogP contribution < -0.4 is 5.56 Å². The Hall–Kier alpha value is -2.54. The number of rotatable bonds is 4. The van der Waals surface area contributed by atoms with Gasteiger partial charge in [0.15, 0.2) is 4.96 Å². The van der Waals surface area contributed by atoms with E-state index in [9.17, 15) is 14.0 Å². The molecule has 3 aromatic rings. The summed E-state index contributed by atoms with van der Waals surface area (Å²) in [6.45, 7) is 3.82. The van der Waals surface area contributed by atoms with Crippen molar-refractivity contribution in [2.24, 2.45) is 0 Å². The molecule has 7 heteroatoms. The number of aryl methyl sites for hydroxylation is 1. The van der Waals surface area contributed by atoms with E-state index in [2.05, 4.69) is 4.98 Å². The van der Waals surface area contributed by atoms with Crippen LogP contribution >= 0.6 is 11.3 Å². The molecule has 0 spiro atoms. The Labute approximate surface area is 148 Å². The van der Waals surface area contributed by atoms with Gasteiger partial charge in [0.2, 0.25) is 0 Å². The lowest BCUT2D eigenvalue weighted by Gasteiger charge is -2.27. The lowest BCUT2D eigenvalue weighted by molar-refractivity contribution is 0.0723. The molecule has 0 aliphatic rings. The van der Waals surface area contributed by atoms with Crippen molar-refractivity contribution in [3.8, 4) is 0 Å². The molecular weight excluding hydrogens is 341 g/mol. The van der Waals surface area contributed by atoms with Crippen LogP contribution in [0, 0.1) is 12.7 Å². The van der Waals surface area contributed by atoms with Gasteiger partial charge in [0.1, 0.15) is 11.4 Å². The van der Waals surface area contributed by atoms with Gasteiger partial charge in [-0.15, -0.1) is 11.3 Å². The highest BCUT2D eigenvalue weighted by Gasteiger charge is 2.24. The van der Waals surface area contributed by atoms with Crippen molar-refractivity contribution in [1.82, 2.24) is 14.3 Å². The summed E-state index contributed by atoms with van der Waals surface area (Å²) in [5, 5.41) is 0. The third kappa shape index (κ3) is 3.19. The first-order valence-corrected chi connectivity index (χ1v) is 8.74. The molecule has 2 aromatic heterocycles. The lowest BCUT2D eigenvalue weighted by Crippen LogP contribution is -2.35. The van der Waals surface area contributed by atoms with Gasteiger partial charge in [-0.25, -0.2) is 9.37 Å². The molecule has 0 radical (unpaired) electrons. The molecule has 0 aliphatic carbocycles. The van der Waals surface area contributed by atoms with E-state index in [1.54, 1.807) is 25.4 Å². The maximum atomic E-state index is 13.2. The van der Waals surface area contributed by atoms with Gasteiger partial charge in [0, 0.05) is 24.3 Å². The number of hydrogen-bond donors (Lipinski definition) is 0. The summed E-state index contributed by atoms with van der Waals surface area (Å²) in [4.78, 5) is 32.7. The molecule has 0 fully saturated rings. The third-order valence-electron chi connectivity index (χ3n) is 4.18. The van der Waals surface area contributed by atoms with Crippen LogP contribution in [0.4, 0.5) is 4.39 Å². The maximum absolute atomic E-state index is 13.2. The summed E-state index contributed by atoms with van der Waals surface area (Å²) in [5.74, 6) is -0.722. The molecule has 0 N–H and O–H groups in total. The Bertz CT molecular complexity index is 978. The molecule has 1 aromatic carbocycles. The second-order valence-corrected chi connectivity index (χ2v) is 7.08. The lowest BCUT2D eigenvalue weighted by atomic mass is 10.0. The number of carbonyl (C=O) groups excluding carboxylic acids is 1. The number of carbonyl (C=O) groups is 1. The molecule has 1 amide bonds. The van der Waals surface area contributed by atoms with Crippen molar-refractivity contribution >= 4 is 22.2 Å². The van der Waals surface area contributed by atoms with Crippen molar-refractivity contribution in [3.63, 3.8) is 0 Å². The second kappa shape index (κ2) is 6.76. The molecule has 3 rings (SSSR count). The molecule has 0 saturated carbocycles. The average molecular weight is 359 g/mol. The summed E-state index contributed by atoms with van der Waals surface area (Å²) >= 11 is 1.40. The maximum Gasteiger partial charge on any atom is 0.271 e. The van der Waals surface area contributed by atoms with Crippen LogP contribution in [0.5, 0.6) is 0 Å². The summed E-state index contributed by atoms with van der Waals surface area (Å²) in [7, 11) is 1.65. The molecule has 1 atom stereocenters. The Morgan fingerprint density at radius 1 is 1.36 bits per heavy atom. The Morgan fingerprint density at radius 2 is 2.04 bits per heavy atom. The van der Waals surface area contributed by atoms with E-state index in [-0.39, 0.29) is 23.0 Å². The van der Waals surface area contributed by atoms with Crippen LogP contribution in [0.1, 0.15) is 40.2 Å². The van der Waals surface area contributed by atoms with Gasteiger partial charge in [-0.2, -0.15) is 0 Å². The molecule has 25 heavy (non-hydrogen) atoms. The average Bonchev–Trinajstić information content (AvgIpc) is 2.98. The van der Waals surface area contributed by atoms with E-state index in [1.807, 2.05) is 13.8 Å². The van der Waals surface area contributed by atoms with Crippen molar-refractivity contribution < 1.29 is 9.18 Å². The van der Waals surface area contributed by atoms with Gasteiger partial charge in [-0.05, 0) is 31.0 Å². The monoisotopic (exact) mass is 359 g/mol. The number of benzene rings is 1. The number of fused-ring (bicyclic) bond motifs is 1. The van der Waals surface area contributed by atoms with Crippen molar-refractivity contribution in [2.45, 2.75) is 26.3 Å². The predicted molar refractivity (Wildman–Crippen MR) is 95.6 cm³/mol. The fourth-order valence-electron chi connectivity index (χ4n) is 2.89. The second-order valence-electron chi connectivity index (χ2n) is 5.86. The smallest absolute Gasteiger partial charge is 0.271 e. The van der Waals surface area contributed by atoms with E-state index in [1.165, 1.54) is 39.0 Å². The highest BCUT2D eigenvalue weighted by atomic mass is 32.1. The molecule has 0 bridgehead atoms. The molecular formula is C18H18FN3O2S. The third-order valence-corrected chi connectivity index (χ3v) is 5.09. The first-order chi connectivity index (χ1) is 11.9. The topological polar surface area (TPSA) is 54.7 Å². The first-order valence-electron chi connectivity index (χ1n) is 7.92. The van der Waals surface area contributed by atoms with Crippen LogP contribution in [-0.4, -0.2) is 27.2 Å². The number of nitrogens with zero attached hydrogens (tertiary/aromatic N) is 3. The highest BCUT2D eigenvalue weighted by Crippen LogP contribution is 2.24. The molecule has 0 saturated heterocycles. The first kappa shape index (κ1) is 17.3. The summed E-state index contributed by atoms with van der Waals surface area (Å²) in [6, 6.07) is 5.80. The Morgan fingerprint density at radius 3 is 2.68 bits per heavy atom. The van der Waals surface area contributed by atoms with Crippen molar-refractivity contribution in [3.05, 3.63) is 68.8 Å². The summed E-state index contributed by atoms with van der Waals surface area (Å²) in [5.41, 5.74) is 0.471.